The third kappa shape index (κ3) is 3.55. The Labute approximate surface area is 76.3 Å². The number of rotatable bonds is 5. The van der Waals surface area contributed by atoms with Gasteiger partial charge in [-0.3, -0.25) is 0 Å². The van der Waals surface area contributed by atoms with Gasteiger partial charge in [0.25, 0.3) is 0 Å². The maximum atomic E-state index is 3.57. The summed E-state index contributed by atoms with van der Waals surface area (Å²) in [6.45, 7) is 4.64. The molecule has 1 fully saturated rings. The van der Waals surface area contributed by atoms with E-state index in [9.17, 15) is 0 Å². The van der Waals surface area contributed by atoms with Gasteiger partial charge in [-0.1, -0.05) is 6.42 Å². The molecule has 0 heterocycles. The number of likely N-dealkylation sites (N-methyl/N-ethyl adjacent to an activating group) is 1. The van der Waals surface area contributed by atoms with Crippen LogP contribution in [0.25, 0.3) is 0 Å². The van der Waals surface area contributed by atoms with E-state index < -0.39 is 0 Å². The Morgan fingerprint density at radius 3 is 2.50 bits per heavy atom. The number of nitrogens with one attached hydrogen (secondary N) is 1. The first kappa shape index (κ1) is 10.0. The highest BCUT2D eigenvalue weighted by Crippen LogP contribution is 2.25. The van der Waals surface area contributed by atoms with E-state index in [4.69, 9.17) is 0 Å². The molecule has 1 saturated carbocycles. The minimum Gasteiger partial charge on any atom is -0.313 e. The molecule has 1 unspecified atom stereocenters. The van der Waals surface area contributed by atoms with Gasteiger partial charge in [0.05, 0.1) is 0 Å². The van der Waals surface area contributed by atoms with E-state index in [1.54, 1.807) is 0 Å². The lowest BCUT2D eigenvalue weighted by molar-refractivity contribution is 0.274. The minimum atomic E-state index is 0.639. The minimum absolute atomic E-state index is 0.639. The van der Waals surface area contributed by atoms with E-state index in [1.807, 2.05) is 0 Å². The molecule has 12 heavy (non-hydrogen) atoms. The average molecular weight is 170 g/mol. The summed E-state index contributed by atoms with van der Waals surface area (Å²) in [4.78, 5) is 2.23. The molecule has 72 valence electrons. The van der Waals surface area contributed by atoms with E-state index in [-0.39, 0.29) is 0 Å². The maximum absolute atomic E-state index is 3.57. The van der Waals surface area contributed by atoms with Crippen LogP contribution in [0.3, 0.4) is 0 Å². The van der Waals surface area contributed by atoms with Crippen LogP contribution in [0.15, 0.2) is 0 Å². The summed E-state index contributed by atoms with van der Waals surface area (Å²) in [6, 6.07) is 0.639. The fraction of sp³-hybridized carbons (Fsp3) is 1.00. The van der Waals surface area contributed by atoms with Gasteiger partial charge in [-0.25, -0.2) is 0 Å². The zero-order valence-corrected chi connectivity index (χ0v) is 8.64. The van der Waals surface area contributed by atoms with Crippen LogP contribution in [0.4, 0.5) is 0 Å². The molecular formula is C10H22N2. The standard InChI is InChI=1S/C10H22N2/c1-9(8-12(2)3)11-7-10-5-4-6-10/h9-11H,4-8H2,1-3H3. The number of hydrogen-bond donors (Lipinski definition) is 1. The Kier molecular flexibility index (Phi) is 4.02. The topological polar surface area (TPSA) is 15.3 Å². The van der Waals surface area contributed by atoms with Gasteiger partial charge in [-0.2, -0.15) is 0 Å². The molecule has 0 aliphatic heterocycles. The lowest BCUT2D eigenvalue weighted by atomic mass is 9.85. The van der Waals surface area contributed by atoms with E-state index in [0.717, 1.165) is 12.5 Å². The quantitative estimate of drug-likeness (QED) is 0.669. The van der Waals surface area contributed by atoms with Crippen molar-refractivity contribution in [1.82, 2.24) is 10.2 Å². The smallest absolute Gasteiger partial charge is 0.0166 e. The van der Waals surface area contributed by atoms with Crippen molar-refractivity contribution in [1.29, 1.82) is 0 Å². The van der Waals surface area contributed by atoms with Crippen molar-refractivity contribution in [3.63, 3.8) is 0 Å². The molecule has 0 bridgehead atoms. The number of hydrogen-bond acceptors (Lipinski definition) is 2. The summed E-state index contributed by atoms with van der Waals surface area (Å²) in [6.07, 6.45) is 4.35. The van der Waals surface area contributed by atoms with Crippen molar-refractivity contribution in [2.75, 3.05) is 27.2 Å². The molecule has 0 saturated heterocycles. The highest BCUT2D eigenvalue weighted by molar-refractivity contribution is 4.74. The van der Waals surface area contributed by atoms with Crippen LogP contribution in [-0.4, -0.2) is 38.1 Å². The molecule has 1 rings (SSSR count). The largest absolute Gasteiger partial charge is 0.313 e. The first-order valence-corrected chi connectivity index (χ1v) is 5.06. The third-order valence-corrected chi connectivity index (χ3v) is 2.62. The van der Waals surface area contributed by atoms with Crippen molar-refractivity contribution in [3.05, 3.63) is 0 Å². The van der Waals surface area contributed by atoms with Crippen LogP contribution in [0.5, 0.6) is 0 Å². The molecule has 0 amide bonds. The molecule has 0 spiro atoms. The maximum Gasteiger partial charge on any atom is 0.0166 e. The Balaban J connectivity index is 1.97. The molecule has 1 aliphatic rings. The summed E-state index contributed by atoms with van der Waals surface area (Å²) >= 11 is 0. The van der Waals surface area contributed by atoms with Crippen molar-refractivity contribution in [2.45, 2.75) is 32.2 Å². The third-order valence-electron chi connectivity index (χ3n) is 2.62. The van der Waals surface area contributed by atoms with Crippen LogP contribution in [0.2, 0.25) is 0 Å². The van der Waals surface area contributed by atoms with Crippen LogP contribution < -0.4 is 5.32 Å². The Morgan fingerprint density at radius 2 is 2.08 bits per heavy atom. The molecule has 2 nitrogen and oxygen atoms in total. The van der Waals surface area contributed by atoms with Gasteiger partial charge in [-0.15, -0.1) is 0 Å². The molecule has 1 aliphatic carbocycles. The molecule has 0 aromatic heterocycles. The highest BCUT2D eigenvalue weighted by Gasteiger charge is 2.17. The lowest BCUT2D eigenvalue weighted by Gasteiger charge is -2.28. The normalized spacial score (nSPS) is 21.0. The van der Waals surface area contributed by atoms with Gasteiger partial charge in [0.15, 0.2) is 0 Å². The summed E-state index contributed by atoms with van der Waals surface area (Å²) in [5.74, 6) is 0.981. The summed E-state index contributed by atoms with van der Waals surface area (Å²) in [5.41, 5.74) is 0. The molecule has 1 atom stereocenters. The van der Waals surface area contributed by atoms with Crippen LogP contribution in [0, 0.1) is 5.92 Å². The molecule has 0 aromatic rings. The molecule has 0 aromatic carbocycles. The predicted molar refractivity (Wildman–Crippen MR) is 53.4 cm³/mol. The zero-order valence-electron chi connectivity index (χ0n) is 8.64. The average Bonchev–Trinajstić information content (AvgIpc) is 1.81. The Bertz CT molecular complexity index is 119. The van der Waals surface area contributed by atoms with E-state index >= 15 is 0 Å². The van der Waals surface area contributed by atoms with E-state index in [2.05, 4.69) is 31.2 Å². The summed E-state index contributed by atoms with van der Waals surface area (Å²) in [5, 5.41) is 3.57. The van der Waals surface area contributed by atoms with Crippen molar-refractivity contribution < 1.29 is 0 Å². The molecular weight excluding hydrogens is 148 g/mol. The molecule has 0 radical (unpaired) electrons. The van der Waals surface area contributed by atoms with Gasteiger partial charge in [0, 0.05) is 12.6 Å². The second-order valence-electron chi connectivity index (χ2n) is 4.37. The van der Waals surface area contributed by atoms with E-state index in [1.165, 1.54) is 25.8 Å². The first-order chi connectivity index (χ1) is 5.68. The van der Waals surface area contributed by atoms with Gasteiger partial charge in [0.1, 0.15) is 0 Å². The van der Waals surface area contributed by atoms with Gasteiger partial charge in [0.2, 0.25) is 0 Å². The molecule has 2 heteroatoms. The van der Waals surface area contributed by atoms with Gasteiger partial charge < -0.3 is 10.2 Å². The van der Waals surface area contributed by atoms with Crippen LogP contribution >= 0.6 is 0 Å². The van der Waals surface area contributed by atoms with Crippen LogP contribution in [-0.2, 0) is 0 Å². The Hall–Kier alpha value is -0.0800. The van der Waals surface area contributed by atoms with Crippen molar-refractivity contribution in [3.8, 4) is 0 Å². The second-order valence-corrected chi connectivity index (χ2v) is 4.37. The second kappa shape index (κ2) is 4.83. The van der Waals surface area contributed by atoms with Crippen LogP contribution in [0.1, 0.15) is 26.2 Å². The fourth-order valence-corrected chi connectivity index (χ4v) is 1.68. The van der Waals surface area contributed by atoms with Gasteiger partial charge in [-0.05, 0) is 46.3 Å². The van der Waals surface area contributed by atoms with E-state index in [0.29, 0.717) is 6.04 Å². The summed E-state index contributed by atoms with van der Waals surface area (Å²) < 4.78 is 0. The highest BCUT2D eigenvalue weighted by atomic mass is 15.1. The fourth-order valence-electron chi connectivity index (χ4n) is 1.68. The monoisotopic (exact) mass is 170 g/mol. The van der Waals surface area contributed by atoms with Gasteiger partial charge >= 0.3 is 0 Å². The lowest BCUT2D eigenvalue weighted by Crippen LogP contribution is -2.39. The molecule has 1 N–H and O–H groups in total. The summed E-state index contributed by atoms with van der Waals surface area (Å²) in [7, 11) is 4.25. The predicted octanol–water partition coefficient (Wildman–Crippen LogP) is 1.33. The SMILES string of the molecule is CC(CN(C)C)NCC1CCC1. The zero-order chi connectivity index (χ0) is 8.97. The first-order valence-electron chi connectivity index (χ1n) is 5.06. The number of nitrogens with zero attached hydrogens (tertiary/aromatic N) is 1. The van der Waals surface area contributed by atoms with Crippen molar-refractivity contribution >= 4 is 0 Å². The Morgan fingerprint density at radius 1 is 1.42 bits per heavy atom. The van der Waals surface area contributed by atoms with Crippen molar-refractivity contribution in [2.24, 2.45) is 5.92 Å².